The van der Waals surface area contributed by atoms with Crippen LogP contribution in [0.1, 0.15) is 76.2 Å². The smallest absolute Gasteiger partial charge is 0.255 e. The highest BCUT2D eigenvalue weighted by Gasteiger charge is 2.12. The Morgan fingerprint density at radius 3 is 1.37 bits per heavy atom. The Balaban J connectivity index is 1.08. The number of carbonyl (C=O) groups excluding carboxylic acids is 4. The lowest BCUT2D eigenvalue weighted by Crippen LogP contribution is -2.33. The highest BCUT2D eigenvalue weighted by Crippen LogP contribution is 2.16. The van der Waals surface area contributed by atoms with Crippen molar-refractivity contribution in [3.05, 3.63) is 150 Å². The van der Waals surface area contributed by atoms with E-state index in [-0.39, 0.29) is 23.6 Å². The summed E-state index contributed by atoms with van der Waals surface area (Å²) >= 11 is 0. The third-order valence-corrected chi connectivity index (χ3v) is 8.19. The van der Waals surface area contributed by atoms with Gasteiger partial charge in [-0.05, 0) is 84.4 Å². The largest absolute Gasteiger partial charge is 0.323 e. The molecule has 3 aromatic carbocycles. The first-order chi connectivity index (χ1) is 25.3. The zero-order chi connectivity index (χ0) is 36.7. The lowest BCUT2D eigenvalue weighted by atomic mass is 10.1. The molecule has 4 N–H and O–H groups in total. The van der Waals surface area contributed by atoms with Crippen molar-refractivity contribution in [1.29, 1.82) is 0 Å². The molecule has 0 radical (unpaired) electrons. The Hall–Kier alpha value is -6.42. The SMILES string of the molecule is CCCC[n+]1cccc(NC(=O)c2ccc(NC(=O)C=Cc3ccc(C(=O)Nc4ccc(C(=O)Nc5ccc[n+](CCCC)c5)cc4)cc3)cc2)c1. The van der Waals surface area contributed by atoms with Crippen molar-refractivity contribution < 1.29 is 28.3 Å². The van der Waals surface area contributed by atoms with Crippen LogP contribution in [0, 0.1) is 0 Å². The van der Waals surface area contributed by atoms with Gasteiger partial charge < -0.3 is 21.3 Å². The minimum absolute atomic E-state index is 0.236. The zero-order valence-electron chi connectivity index (χ0n) is 29.5. The van der Waals surface area contributed by atoms with Gasteiger partial charge in [0.1, 0.15) is 24.5 Å². The maximum Gasteiger partial charge on any atom is 0.255 e. The Bertz CT molecular complexity index is 2020. The predicted octanol–water partition coefficient (Wildman–Crippen LogP) is 7.27. The summed E-state index contributed by atoms with van der Waals surface area (Å²) in [5.74, 6) is -1.11. The van der Waals surface area contributed by atoms with E-state index in [0.29, 0.717) is 39.4 Å². The minimum Gasteiger partial charge on any atom is -0.323 e. The quantitative estimate of drug-likeness (QED) is 0.0679. The van der Waals surface area contributed by atoms with Crippen molar-refractivity contribution in [3.8, 4) is 0 Å². The summed E-state index contributed by atoms with van der Waals surface area (Å²) in [6, 6.07) is 27.7. The second kappa shape index (κ2) is 18.5. The molecular formula is C42H44N6O4+2. The standard InChI is InChI=1S/C42H42N6O4/c1-3-5-25-47-27-7-9-37(29-47)45-41(51)33-16-20-35(21-17-33)43-39(49)24-13-31-11-14-32(15-12-31)40(50)44-36-22-18-34(19-23-36)42(52)46-38-10-8-28-48(30-38)26-6-4-2/h7-24,27-30H,3-6,25-26H2,1-2H3,(H2-2,43,44,45,46,49,50,51,52)/p+2. The van der Waals surface area contributed by atoms with Crippen molar-refractivity contribution in [2.24, 2.45) is 0 Å². The van der Waals surface area contributed by atoms with Crippen molar-refractivity contribution in [3.63, 3.8) is 0 Å². The van der Waals surface area contributed by atoms with Crippen LogP contribution in [0.3, 0.4) is 0 Å². The van der Waals surface area contributed by atoms with E-state index in [1.807, 2.05) is 49.1 Å². The van der Waals surface area contributed by atoms with Crippen molar-refractivity contribution >= 4 is 52.5 Å². The van der Waals surface area contributed by atoms with Gasteiger partial charge in [0.2, 0.25) is 5.91 Å². The molecule has 0 aliphatic heterocycles. The molecule has 0 unspecified atom stereocenters. The molecule has 2 heterocycles. The van der Waals surface area contributed by atoms with Crippen LogP contribution in [-0.4, -0.2) is 23.6 Å². The Labute approximate surface area is 304 Å². The minimum atomic E-state index is -0.337. The molecule has 0 aliphatic rings. The number of pyridine rings is 2. The molecule has 5 aromatic rings. The van der Waals surface area contributed by atoms with Gasteiger partial charge in [-0.2, -0.15) is 0 Å². The van der Waals surface area contributed by atoms with E-state index in [0.717, 1.165) is 44.3 Å². The third kappa shape index (κ3) is 11.0. The Morgan fingerprint density at radius 2 is 0.923 bits per heavy atom. The van der Waals surface area contributed by atoms with E-state index < -0.39 is 0 Å². The number of anilines is 4. The van der Waals surface area contributed by atoms with E-state index in [1.165, 1.54) is 6.08 Å². The highest BCUT2D eigenvalue weighted by atomic mass is 16.2. The van der Waals surface area contributed by atoms with E-state index >= 15 is 0 Å². The number of hydrogen-bond acceptors (Lipinski definition) is 4. The molecule has 2 aromatic heterocycles. The number of amides is 4. The Morgan fingerprint density at radius 1 is 0.519 bits per heavy atom. The molecule has 0 fully saturated rings. The third-order valence-electron chi connectivity index (χ3n) is 8.19. The molecular weight excluding hydrogens is 652 g/mol. The Kier molecular flexibility index (Phi) is 13.1. The van der Waals surface area contributed by atoms with E-state index in [1.54, 1.807) is 78.9 Å². The monoisotopic (exact) mass is 696 g/mol. The molecule has 52 heavy (non-hydrogen) atoms. The van der Waals surface area contributed by atoms with Gasteiger partial charge in [-0.15, -0.1) is 0 Å². The van der Waals surface area contributed by atoms with Crippen LogP contribution >= 0.6 is 0 Å². The number of rotatable bonds is 15. The fourth-order valence-electron chi connectivity index (χ4n) is 5.27. The summed E-state index contributed by atoms with van der Waals surface area (Å²) in [6.07, 6.45) is 15.1. The molecule has 264 valence electrons. The number of nitrogens with zero attached hydrogens (tertiary/aromatic N) is 2. The van der Waals surface area contributed by atoms with Crippen molar-refractivity contribution in [2.45, 2.75) is 52.6 Å². The van der Waals surface area contributed by atoms with Gasteiger partial charge in [-0.3, -0.25) is 19.2 Å². The average Bonchev–Trinajstić information content (AvgIpc) is 3.16. The number of nitrogens with one attached hydrogen (secondary N) is 4. The van der Waals surface area contributed by atoms with Crippen LogP contribution in [0.15, 0.2) is 128 Å². The molecule has 0 bridgehead atoms. The molecule has 5 rings (SSSR count). The van der Waals surface area contributed by atoms with Gasteiger partial charge in [-0.25, -0.2) is 9.13 Å². The first-order valence-corrected chi connectivity index (χ1v) is 17.5. The van der Waals surface area contributed by atoms with Crippen LogP contribution in [0.4, 0.5) is 22.7 Å². The molecule has 0 aliphatic carbocycles. The van der Waals surface area contributed by atoms with Crippen LogP contribution in [0.2, 0.25) is 0 Å². The highest BCUT2D eigenvalue weighted by molar-refractivity contribution is 6.07. The van der Waals surface area contributed by atoms with Crippen LogP contribution in [0.25, 0.3) is 6.08 Å². The first kappa shape index (κ1) is 36.9. The van der Waals surface area contributed by atoms with Crippen LogP contribution in [-0.2, 0) is 17.9 Å². The molecule has 0 atom stereocenters. The first-order valence-electron chi connectivity index (χ1n) is 17.5. The number of hydrogen-bond donors (Lipinski definition) is 4. The number of aromatic nitrogens is 2. The summed E-state index contributed by atoms with van der Waals surface area (Å²) in [5.41, 5.74) is 4.66. The number of carbonyl (C=O) groups is 4. The topological polar surface area (TPSA) is 124 Å². The van der Waals surface area contributed by atoms with Crippen molar-refractivity contribution in [1.82, 2.24) is 0 Å². The summed E-state index contributed by atoms with van der Waals surface area (Å²) < 4.78 is 4.11. The summed E-state index contributed by atoms with van der Waals surface area (Å²) in [5, 5.41) is 11.5. The lowest BCUT2D eigenvalue weighted by molar-refractivity contribution is -0.696. The lowest BCUT2D eigenvalue weighted by Gasteiger charge is -2.08. The van der Waals surface area contributed by atoms with Gasteiger partial charge in [-0.1, -0.05) is 38.8 Å². The molecule has 4 amide bonds. The molecule has 10 heteroatoms. The predicted molar refractivity (Wildman–Crippen MR) is 204 cm³/mol. The zero-order valence-corrected chi connectivity index (χ0v) is 29.5. The van der Waals surface area contributed by atoms with Gasteiger partial charge >= 0.3 is 0 Å². The number of unbranched alkanes of at least 4 members (excludes halogenated alkanes) is 2. The summed E-state index contributed by atoms with van der Waals surface area (Å²) in [4.78, 5) is 51.0. The fourth-order valence-corrected chi connectivity index (χ4v) is 5.27. The number of aryl methyl sites for hydroxylation is 2. The molecule has 0 spiro atoms. The normalized spacial score (nSPS) is 10.8. The van der Waals surface area contributed by atoms with Gasteiger partial charge in [0, 0.05) is 59.1 Å². The van der Waals surface area contributed by atoms with E-state index in [9.17, 15) is 19.2 Å². The second-order valence-electron chi connectivity index (χ2n) is 12.3. The van der Waals surface area contributed by atoms with E-state index in [4.69, 9.17) is 0 Å². The summed E-state index contributed by atoms with van der Waals surface area (Å²) in [6.45, 7) is 6.06. The number of benzene rings is 3. The maximum absolute atomic E-state index is 12.9. The fraction of sp³-hybridized carbons (Fsp3) is 0.190. The van der Waals surface area contributed by atoms with Gasteiger partial charge in [0.15, 0.2) is 24.8 Å². The average molecular weight is 697 g/mol. The maximum atomic E-state index is 12.9. The van der Waals surface area contributed by atoms with Gasteiger partial charge in [0.25, 0.3) is 17.7 Å². The van der Waals surface area contributed by atoms with Gasteiger partial charge in [0.05, 0.1) is 0 Å². The molecule has 0 saturated carbocycles. The van der Waals surface area contributed by atoms with Crippen molar-refractivity contribution in [2.75, 3.05) is 21.3 Å². The molecule has 10 nitrogen and oxygen atoms in total. The van der Waals surface area contributed by atoms with E-state index in [2.05, 4.69) is 44.2 Å². The van der Waals surface area contributed by atoms with Crippen LogP contribution in [0.5, 0.6) is 0 Å². The second-order valence-corrected chi connectivity index (χ2v) is 12.3. The summed E-state index contributed by atoms with van der Waals surface area (Å²) in [7, 11) is 0. The van der Waals surface area contributed by atoms with Crippen LogP contribution < -0.4 is 30.4 Å². The molecule has 0 saturated heterocycles.